The summed E-state index contributed by atoms with van der Waals surface area (Å²) in [5.41, 5.74) is -2.04. The molecule has 110 valence electrons. The molecule has 0 N–H and O–H groups in total. The van der Waals surface area contributed by atoms with E-state index < -0.39 is 23.1 Å². The molecular formula is C14H14ClF3KNO. The molecule has 0 spiro atoms. The molecule has 0 saturated heterocycles. The number of nitrogens with zero attached hydrogens (tertiary/aromatic N) is 1. The summed E-state index contributed by atoms with van der Waals surface area (Å²) < 4.78 is 38.7. The van der Waals surface area contributed by atoms with Gasteiger partial charge in [-0.05, 0) is 35.8 Å². The van der Waals surface area contributed by atoms with Gasteiger partial charge in [-0.2, -0.15) is 13.2 Å². The summed E-state index contributed by atoms with van der Waals surface area (Å²) >= 11 is 5.65. The summed E-state index contributed by atoms with van der Waals surface area (Å²) in [5.74, 6) is -0.637. The summed E-state index contributed by atoms with van der Waals surface area (Å²) in [5, 5.41) is 12.1. The molecule has 1 aromatic rings. The Kier molecular flexibility index (Phi) is 8.18. The summed E-state index contributed by atoms with van der Waals surface area (Å²) in [6.45, 7) is 4.63. The van der Waals surface area contributed by atoms with Crippen LogP contribution in [-0.2, 0) is 0 Å². The van der Waals surface area contributed by atoms with E-state index in [1.807, 2.05) is 0 Å². The Morgan fingerprint density at radius 1 is 1.14 bits per heavy atom. The number of hydrogen-bond acceptors (Lipinski definition) is 2. The van der Waals surface area contributed by atoms with Crippen molar-refractivity contribution in [2.24, 2.45) is 10.4 Å². The van der Waals surface area contributed by atoms with Gasteiger partial charge in [0.25, 0.3) is 0 Å². The second-order valence-corrected chi connectivity index (χ2v) is 5.67. The molecule has 0 aliphatic heterocycles. The molecule has 0 radical (unpaired) electrons. The van der Waals surface area contributed by atoms with Gasteiger partial charge in [-0.15, -0.1) is 5.76 Å². The van der Waals surface area contributed by atoms with Crippen molar-refractivity contribution in [3.05, 3.63) is 41.1 Å². The molecular weight excluding hydrogens is 330 g/mol. The first-order valence-corrected chi connectivity index (χ1v) is 6.18. The average Bonchev–Trinajstić information content (AvgIpc) is 2.28. The first-order chi connectivity index (χ1) is 9.00. The molecule has 7 heteroatoms. The number of halogens is 4. The Bertz CT molecular complexity index is 531. The molecule has 1 rings (SSSR count). The molecule has 0 bridgehead atoms. The van der Waals surface area contributed by atoms with Crippen LogP contribution >= 0.6 is 11.6 Å². The van der Waals surface area contributed by atoms with Gasteiger partial charge in [-0.1, -0.05) is 32.4 Å². The van der Waals surface area contributed by atoms with Gasteiger partial charge >= 0.3 is 57.6 Å². The Morgan fingerprint density at radius 3 is 2.00 bits per heavy atom. The summed E-state index contributed by atoms with van der Waals surface area (Å²) in [7, 11) is 0. The largest absolute Gasteiger partial charge is 1.00 e. The van der Waals surface area contributed by atoms with Crippen LogP contribution in [0.5, 0.6) is 0 Å². The van der Waals surface area contributed by atoms with Gasteiger partial charge in [-0.3, -0.25) is 0 Å². The molecule has 2 nitrogen and oxygen atoms in total. The van der Waals surface area contributed by atoms with Crippen LogP contribution in [0.4, 0.5) is 18.9 Å². The number of benzene rings is 1. The van der Waals surface area contributed by atoms with Crippen LogP contribution in [0.15, 0.2) is 41.1 Å². The normalized spacial score (nSPS) is 13.9. The van der Waals surface area contributed by atoms with Crippen LogP contribution < -0.4 is 56.5 Å². The van der Waals surface area contributed by atoms with Crippen LogP contribution in [-0.4, -0.2) is 11.9 Å². The topological polar surface area (TPSA) is 35.4 Å². The van der Waals surface area contributed by atoms with Crippen LogP contribution in [0.3, 0.4) is 0 Å². The van der Waals surface area contributed by atoms with E-state index >= 15 is 0 Å². The van der Waals surface area contributed by atoms with Crippen molar-refractivity contribution in [3.63, 3.8) is 0 Å². The van der Waals surface area contributed by atoms with E-state index in [-0.39, 0.29) is 57.1 Å². The van der Waals surface area contributed by atoms with Crippen molar-refractivity contribution in [1.82, 2.24) is 0 Å². The van der Waals surface area contributed by atoms with E-state index in [2.05, 4.69) is 4.99 Å². The van der Waals surface area contributed by atoms with Gasteiger partial charge in [0.2, 0.25) is 0 Å². The summed E-state index contributed by atoms with van der Waals surface area (Å²) in [6.07, 6.45) is -4.16. The maximum atomic E-state index is 12.9. The van der Waals surface area contributed by atoms with E-state index in [0.29, 0.717) is 11.1 Å². The number of hydrogen-bond donors (Lipinski definition) is 0. The number of allylic oxidation sites excluding steroid dienone is 2. The van der Waals surface area contributed by atoms with Crippen LogP contribution in [0.2, 0.25) is 5.02 Å². The van der Waals surface area contributed by atoms with Gasteiger partial charge in [-0.25, -0.2) is 4.99 Å². The van der Waals surface area contributed by atoms with E-state index in [4.69, 9.17) is 11.6 Å². The van der Waals surface area contributed by atoms with Crippen LogP contribution in [0, 0.1) is 5.41 Å². The molecule has 0 heterocycles. The zero-order valence-corrected chi connectivity index (χ0v) is 16.1. The van der Waals surface area contributed by atoms with Crippen molar-refractivity contribution in [3.8, 4) is 0 Å². The first kappa shape index (κ1) is 21.1. The summed E-state index contributed by atoms with van der Waals surface area (Å²) in [6, 6.07) is 5.56. The first-order valence-electron chi connectivity index (χ1n) is 5.81. The molecule has 1 aromatic carbocycles. The fourth-order valence-electron chi connectivity index (χ4n) is 1.17. The smallest absolute Gasteiger partial charge is 0.875 e. The molecule has 0 amide bonds. The molecule has 0 fully saturated rings. The van der Waals surface area contributed by atoms with Gasteiger partial charge in [0.05, 0.1) is 5.69 Å². The number of alkyl halides is 3. The molecule has 21 heavy (non-hydrogen) atoms. The molecule has 0 atom stereocenters. The Labute approximate surface area is 169 Å². The third-order valence-corrected chi connectivity index (χ3v) is 2.63. The van der Waals surface area contributed by atoms with Crippen molar-refractivity contribution in [2.45, 2.75) is 26.9 Å². The zero-order chi connectivity index (χ0) is 15.6. The standard InChI is InChI=1S/C14H15ClF3NO.K/c1-13(2,3)12(20)8-11(14(16,17)18)19-10-6-4-9(15)5-7-10;/h4-8,20H,1-3H3;/q;+1/p-1/b12-8-,19-11?;. The van der Waals surface area contributed by atoms with Crippen molar-refractivity contribution >= 4 is 23.0 Å². The SMILES string of the molecule is CC(C)(C)/C([O-])=C/C(=Nc1ccc(Cl)cc1)C(F)(F)F.[K+]. The minimum absolute atomic E-state index is 0. The van der Waals surface area contributed by atoms with Gasteiger partial charge in [0.15, 0.2) is 0 Å². The van der Waals surface area contributed by atoms with Gasteiger partial charge < -0.3 is 5.11 Å². The minimum Gasteiger partial charge on any atom is -0.875 e. The summed E-state index contributed by atoms with van der Waals surface area (Å²) in [4.78, 5) is 3.48. The van der Waals surface area contributed by atoms with E-state index in [1.165, 1.54) is 24.3 Å². The van der Waals surface area contributed by atoms with E-state index in [1.54, 1.807) is 20.8 Å². The van der Waals surface area contributed by atoms with Gasteiger partial charge in [0.1, 0.15) is 5.71 Å². The Hall–Kier alpha value is 0.146. The van der Waals surface area contributed by atoms with Crippen LogP contribution in [0.1, 0.15) is 20.8 Å². The monoisotopic (exact) mass is 343 g/mol. The molecule has 0 unspecified atom stereocenters. The van der Waals surface area contributed by atoms with E-state index in [9.17, 15) is 18.3 Å². The van der Waals surface area contributed by atoms with Crippen molar-refractivity contribution in [2.75, 3.05) is 0 Å². The minimum atomic E-state index is -4.69. The molecule has 0 aliphatic rings. The fourth-order valence-corrected chi connectivity index (χ4v) is 1.30. The van der Waals surface area contributed by atoms with Gasteiger partial charge in [0, 0.05) is 5.02 Å². The number of rotatable bonds is 2. The fraction of sp³-hybridized carbons (Fsp3) is 0.357. The second-order valence-electron chi connectivity index (χ2n) is 5.23. The average molecular weight is 344 g/mol. The number of aliphatic imine (C=N–C) groups is 1. The van der Waals surface area contributed by atoms with Crippen LogP contribution in [0.25, 0.3) is 0 Å². The zero-order valence-electron chi connectivity index (χ0n) is 12.3. The molecule has 0 aromatic heterocycles. The maximum Gasteiger partial charge on any atom is 1.00 e. The predicted octanol–water partition coefficient (Wildman–Crippen LogP) is 1.27. The molecule has 0 saturated carbocycles. The van der Waals surface area contributed by atoms with E-state index in [0.717, 1.165) is 0 Å². The molecule has 0 aliphatic carbocycles. The van der Waals surface area contributed by atoms with Crippen molar-refractivity contribution in [1.29, 1.82) is 0 Å². The second kappa shape index (κ2) is 8.13. The Balaban J connectivity index is 0.00000400. The third kappa shape index (κ3) is 7.30. The quantitative estimate of drug-likeness (QED) is 0.452. The predicted molar refractivity (Wildman–Crippen MR) is 72.1 cm³/mol. The third-order valence-electron chi connectivity index (χ3n) is 2.37. The van der Waals surface area contributed by atoms with Crippen molar-refractivity contribution < 1.29 is 69.7 Å². The maximum absolute atomic E-state index is 12.9. The Morgan fingerprint density at radius 2 is 1.62 bits per heavy atom.